The summed E-state index contributed by atoms with van der Waals surface area (Å²) in [4.78, 5) is 14.2. The normalized spacial score (nSPS) is 10.8. The van der Waals surface area contributed by atoms with Crippen LogP contribution in [0, 0.1) is 5.82 Å². The van der Waals surface area contributed by atoms with Crippen molar-refractivity contribution in [1.29, 1.82) is 0 Å². The van der Waals surface area contributed by atoms with Crippen LogP contribution in [0.5, 0.6) is 0 Å². The second-order valence-corrected chi connectivity index (χ2v) is 3.88. The predicted molar refractivity (Wildman–Crippen MR) is 53.2 cm³/mol. The van der Waals surface area contributed by atoms with Gasteiger partial charge in [0.1, 0.15) is 10.8 Å². The molecule has 0 fully saturated rings. The smallest absolute Gasteiger partial charge is 0.175 e. The zero-order valence-corrected chi connectivity index (χ0v) is 9.01. The molecule has 0 saturated heterocycles. The van der Waals surface area contributed by atoms with Gasteiger partial charge >= 0.3 is 0 Å². The lowest BCUT2D eigenvalue weighted by Gasteiger charge is -1.96. The molecule has 0 bridgehead atoms. The summed E-state index contributed by atoms with van der Waals surface area (Å²) >= 11 is 8.90. The van der Waals surface area contributed by atoms with E-state index in [1.165, 1.54) is 10.5 Å². The lowest BCUT2D eigenvalue weighted by atomic mass is 10.4. The largest absolute Gasteiger partial charge is 0.296 e. The van der Waals surface area contributed by atoms with Crippen LogP contribution in [0.4, 0.5) is 4.39 Å². The molecule has 0 spiro atoms. The first-order valence-electron chi connectivity index (χ1n) is 3.61. The number of nitrogens with zero attached hydrogens (tertiary/aromatic N) is 2. The molecule has 0 aliphatic carbocycles. The Morgan fingerprint density at radius 2 is 2.36 bits per heavy atom. The third-order valence-corrected chi connectivity index (χ3v) is 2.53. The molecule has 0 saturated carbocycles. The summed E-state index contributed by atoms with van der Waals surface area (Å²) in [6.07, 6.45) is 2.03. The van der Waals surface area contributed by atoms with Crippen molar-refractivity contribution < 1.29 is 9.18 Å². The molecular formula is C8H3BrClFN2O. The number of halogens is 3. The second kappa shape index (κ2) is 3.33. The summed E-state index contributed by atoms with van der Waals surface area (Å²) in [5.74, 6) is -0.533. The van der Waals surface area contributed by atoms with E-state index in [2.05, 4.69) is 20.9 Å². The number of imidazole rings is 1. The molecule has 0 N–H and O–H groups in total. The van der Waals surface area contributed by atoms with Crippen LogP contribution in [-0.2, 0) is 0 Å². The summed E-state index contributed by atoms with van der Waals surface area (Å²) < 4.78 is 15.1. The first-order chi connectivity index (χ1) is 6.63. The van der Waals surface area contributed by atoms with E-state index in [-0.39, 0.29) is 16.5 Å². The molecule has 3 nitrogen and oxygen atoms in total. The molecule has 0 amide bonds. The summed E-state index contributed by atoms with van der Waals surface area (Å²) in [6.45, 7) is 0. The van der Waals surface area contributed by atoms with Gasteiger partial charge < -0.3 is 0 Å². The van der Waals surface area contributed by atoms with Crippen LogP contribution in [0.3, 0.4) is 0 Å². The van der Waals surface area contributed by atoms with Crippen molar-refractivity contribution in [1.82, 2.24) is 9.38 Å². The summed E-state index contributed by atoms with van der Waals surface area (Å²) in [7, 11) is 0. The fourth-order valence-electron chi connectivity index (χ4n) is 1.14. The van der Waals surface area contributed by atoms with Crippen LogP contribution < -0.4 is 0 Å². The second-order valence-electron chi connectivity index (χ2n) is 2.61. The van der Waals surface area contributed by atoms with Gasteiger partial charge in [-0.1, -0.05) is 11.6 Å². The van der Waals surface area contributed by atoms with E-state index in [1.54, 1.807) is 6.20 Å². The lowest BCUT2D eigenvalue weighted by Crippen LogP contribution is -1.88. The number of hydrogen-bond acceptors (Lipinski definition) is 2. The molecule has 72 valence electrons. The molecule has 0 atom stereocenters. The van der Waals surface area contributed by atoms with Crippen molar-refractivity contribution in [2.45, 2.75) is 0 Å². The topological polar surface area (TPSA) is 34.4 Å². The SMILES string of the molecule is O=Cc1nc2c(F)cc(Br)cn2c1Cl. The van der Waals surface area contributed by atoms with Crippen molar-refractivity contribution in [3.63, 3.8) is 0 Å². The Morgan fingerprint density at radius 3 is 3.00 bits per heavy atom. The van der Waals surface area contributed by atoms with E-state index >= 15 is 0 Å². The maximum atomic E-state index is 13.3. The number of aromatic nitrogens is 2. The Balaban J connectivity index is 2.91. The van der Waals surface area contributed by atoms with Gasteiger partial charge in [0.25, 0.3) is 0 Å². The van der Waals surface area contributed by atoms with Gasteiger partial charge in [-0.2, -0.15) is 0 Å². The number of carbonyl (C=O) groups excluding carboxylic acids is 1. The summed E-state index contributed by atoms with van der Waals surface area (Å²) in [5, 5.41) is 0.107. The molecule has 0 unspecified atom stereocenters. The van der Waals surface area contributed by atoms with E-state index in [9.17, 15) is 9.18 Å². The predicted octanol–water partition coefficient (Wildman–Crippen LogP) is 2.70. The minimum absolute atomic E-state index is 0.0312. The average Bonchev–Trinajstić information content (AvgIpc) is 2.44. The van der Waals surface area contributed by atoms with Crippen molar-refractivity contribution in [3.05, 3.63) is 33.4 Å². The average molecular weight is 277 g/mol. The summed E-state index contributed by atoms with van der Waals surface area (Å²) in [5.41, 5.74) is 0.0731. The molecule has 14 heavy (non-hydrogen) atoms. The molecule has 0 radical (unpaired) electrons. The zero-order chi connectivity index (χ0) is 10.3. The van der Waals surface area contributed by atoms with E-state index < -0.39 is 5.82 Å². The highest BCUT2D eigenvalue weighted by Crippen LogP contribution is 2.22. The van der Waals surface area contributed by atoms with Gasteiger partial charge in [-0.05, 0) is 22.0 Å². The Kier molecular flexibility index (Phi) is 2.28. The van der Waals surface area contributed by atoms with Crippen LogP contribution in [0.1, 0.15) is 10.5 Å². The third-order valence-electron chi connectivity index (χ3n) is 1.72. The van der Waals surface area contributed by atoms with Crippen molar-refractivity contribution >= 4 is 39.5 Å². The van der Waals surface area contributed by atoms with E-state index in [0.29, 0.717) is 10.8 Å². The maximum Gasteiger partial charge on any atom is 0.175 e. The van der Waals surface area contributed by atoms with E-state index in [1.807, 2.05) is 0 Å². The Labute approximate surface area is 91.6 Å². The summed E-state index contributed by atoms with van der Waals surface area (Å²) in [6, 6.07) is 1.26. The minimum Gasteiger partial charge on any atom is -0.296 e. The number of aldehydes is 1. The van der Waals surface area contributed by atoms with Gasteiger partial charge in [0.2, 0.25) is 0 Å². The van der Waals surface area contributed by atoms with Crippen LogP contribution >= 0.6 is 27.5 Å². The monoisotopic (exact) mass is 276 g/mol. The highest BCUT2D eigenvalue weighted by molar-refractivity contribution is 9.10. The van der Waals surface area contributed by atoms with Gasteiger partial charge in [-0.25, -0.2) is 9.37 Å². The van der Waals surface area contributed by atoms with Crippen molar-refractivity contribution in [3.8, 4) is 0 Å². The van der Waals surface area contributed by atoms with E-state index in [0.717, 1.165) is 0 Å². The first kappa shape index (κ1) is 9.61. The van der Waals surface area contributed by atoms with Crippen molar-refractivity contribution in [2.24, 2.45) is 0 Å². The number of hydrogen-bond donors (Lipinski definition) is 0. The maximum absolute atomic E-state index is 13.3. The molecule has 2 heterocycles. The molecule has 0 aliphatic heterocycles. The van der Waals surface area contributed by atoms with Crippen LogP contribution in [0.2, 0.25) is 5.15 Å². The highest BCUT2D eigenvalue weighted by atomic mass is 79.9. The fraction of sp³-hybridized carbons (Fsp3) is 0. The quantitative estimate of drug-likeness (QED) is 0.751. The lowest BCUT2D eigenvalue weighted by molar-refractivity contribution is 0.111. The molecule has 2 aromatic rings. The minimum atomic E-state index is -0.533. The van der Waals surface area contributed by atoms with Gasteiger partial charge in [0.15, 0.2) is 17.8 Å². The number of rotatable bonds is 1. The molecule has 6 heteroatoms. The Hall–Kier alpha value is -0.940. The fourth-order valence-corrected chi connectivity index (χ4v) is 1.76. The Bertz CT molecular complexity index is 526. The zero-order valence-electron chi connectivity index (χ0n) is 6.67. The molecule has 0 aromatic carbocycles. The third kappa shape index (κ3) is 1.33. The van der Waals surface area contributed by atoms with Gasteiger partial charge in [0, 0.05) is 10.7 Å². The first-order valence-corrected chi connectivity index (χ1v) is 4.78. The standard InChI is InChI=1S/C8H3BrClFN2O/c9-4-1-5(11)8-12-6(3-14)7(10)13(8)2-4/h1-3H. The Morgan fingerprint density at radius 1 is 1.64 bits per heavy atom. The number of pyridine rings is 1. The van der Waals surface area contributed by atoms with Crippen LogP contribution in [0.25, 0.3) is 5.65 Å². The van der Waals surface area contributed by atoms with Gasteiger partial charge in [0.05, 0.1) is 0 Å². The van der Waals surface area contributed by atoms with Crippen LogP contribution in [-0.4, -0.2) is 15.7 Å². The van der Waals surface area contributed by atoms with Gasteiger partial charge in [-0.3, -0.25) is 9.20 Å². The van der Waals surface area contributed by atoms with Crippen LogP contribution in [0.15, 0.2) is 16.7 Å². The van der Waals surface area contributed by atoms with E-state index in [4.69, 9.17) is 11.6 Å². The molecular weight excluding hydrogens is 274 g/mol. The van der Waals surface area contributed by atoms with Crippen molar-refractivity contribution in [2.75, 3.05) is 0 Å². The molecule has 2 aromatic heterocycles. The number of carbonyl (C=O) groups is 1. The molecule has 0 aliphatic rings. The molecule has 2 rings (SSSR count). The highest BCUT2D eigenvalue weighted by Gasteiger charge is 2.13. The number of fused-ring (bicyclic) bond motifs is 1. The van der Waals surface area contributed by atoms with Gasteiger partial charge in [-0.15, -0.1) is 0 Å².